The summed E-state index contributed by atoms with van der Waals surface area (Å²) in [4.78, 5) is 34.3. The lowest BCUT2D eigenvalue weighted by Crippen LogP contribution is -2.32. The largest absolute Gasteiger partial charge is 0.505 e. The van der Waals surface area contributed by atoms with E-state index in [-0.39, 0.29) is 11.3 Å². The van der Waals surface area contributed by atoms with Gasteiger partial charge in [0.15, 0.2) is 5.76 Å². The van der Waals surface area contributed by atoms with E-state index < -0.39 is 17.7 Å². The molecule has 4 rings (SSSR count). The minimum absolute atomic E-state index is 0.0935. The molecule has 1 saturated heterocycles. The monoisotopic (exact) mass is 496 g/mol. The number of carbonyl (C=O) groups excluding carboxylic acids is 2. The van der Waals surface area contributed by atoms with E-state index in [1.54, 1.807) is 22.4 Å². The molecule has 1 fully saturated rings. The number of benzene rings is 1. The quantitative estimate of drug-likeness (QED) is 0.319. The van der Waals surface area contributed by atoms with E-state index in [0.717, 1.165) is 16.6 Å². The van der Waals surface area contributed by atoms with Crippen LogP contribution in [0.5, 0.6) is 0 Å². The van der Waals surface area contributed by atoms with E-state index in [9.17, 15) is 14.7 Å². The Labute approximate surface area is 195 Å². The molecule has 1 aromatic carbocycles. The number of hydrogen-bond donors (Lipinski definition) is 1. The maximum absolute atomic E-state index is 13.2. The van der Waals surface area contributed by atoms with E-state index in [1.165, 1.54) is 0 Å². The summed E-state index contributed by atoms with van der Waals surface area (Å²) < 4.78 is 2.63. The lowest BCUT2D eigenvalue weighted by molar-refractivity contribution is -0.139. The third-order valence-corrected chi connectivity index (χ3v) is 6.19. The van der Waals surface area contributed by atoms with Crippen LogP contribution in [0.15, 0.2) is 58.7 Å². The molecule has 3 heterocycles. The zero-order chi connectivity index (χ0) is 23.0. The molecule has 1 N–H and O–H groups in total. The number of aliphatic hydroxyl groups is 1. The number of ketones is 1. The number of aryl methyl sites for hydroxylation is 1. The molecule has 1 amide bonds. The molecular formula is C24H25BrN4O3. The highest BCUT2D eigenvalue weighted by atomic mass is 79.9. The molecule has 2 aromatic heterocycles. The summed E-state index contributed by atoms with van der Waals surface area (Å²) >= 11 is 3.44. The smallest absolute Gasteiger partial charge is 0.295 e. The average Bonchev–Trinajstić information content (AvgIpc) is 3.22. The molecule has 1 aliphatic rings. The number of aromatic nitrogens is 2. The Hall–Kier alpha value is -2.97. The number of hydrogen-bond acceptors (Lipinski definition) is 5. The van der Waals surface area contributed by atoms with Crippen molar-refractivity contribution in [2.75, 3.05) is 27.2 Å². The summed E-state index contributed by atoms with van der Waals surface area (Å²) in [7, 11) is 3.93. The van der Waals surface area contributed by atoms with Crippen LogP contribution in [0.25, 0.3) is 11.4 Å². The first-order chi connectivity index (χ1) is 15.3. The van der Waals surface area contributed by atoms with Crippen LogP contribution < -0.4 is 0 Å². The Kier molecular flexibility index (Phi) is 6.17. The molecule has 8 heteroatoms. The maximum atomic E-state index is 13.2. The number of Topliss-reactive ketones (excluding diaryl/α,β-unsaturated/α-hetero) is 1. The van der Waals surface area contributed by atoms with Gasteiger partial charge in [0.1, 0.15) is 11.3 Å². The minimum Gasteiger partial charge on any atom is -0.505 e. The van der Waals surface area contributed by atoms with Crippen LogP contribution in [0.2, 0.25) is 0 Å². The van der Waals surface area contributed by atoms with Crippen molar-refractivity contribution in [3.63, 3.8) is 0 Å². The van der Waals surface area contributed by atoms with E-state index in [4.69, 9.17) is 0 Å². The predicted octanol–water partition coefficient (Wildman–Crippen LogP) is 3.78. The van der Waals surface area contributed by atoms with Crippen molar-refractivity contribution in [3.05, 3.63) is 75.7 Å². The Morgan fingerprint density at radius 1 is 1.16 bits per heavy atom. The molecule has 0 unspecified atom stereocenters. The fourth-order valence-electron chi connectivity index (χ4n) is 4.19. The second-order valence-corrected chi connectivity index (χ2v) is 9.09. The molecule has 32 heavy (non-hydrogen) atoms. The van der Waals surface area contributed by atoms with Gasteiger partial charge in [0.25, 0.3) is 11.7 Å². The van der Waals surface area contributed by atoms with Gasteiger partial charge in [0.2, 0.25) is 0 Å². The van der Waals surface area contributed by atoms with E-state index in [1.807, 2.05) is 61.5 Å². The van der Waals surface area contributed by atoms with Crippen LogP contribution in [0.1, 0.15) is 29.4 Å². The van der Waals surface area contributed by atoms with Gasteiger partial charge in [-0.25, -0.2) is 4.98 Å². The Bertz CT molecular complexity index is 1210. The van der Waals surface area contributed by atoms with Crippen molar-refractivity contribution in [2.24, 2.45) is 0 Å². The fourth-order valence-corrected chi connectivity index (χ4v) is 4.45. The van der Waals surface area contributed by atoms with Gasteiger partial charge in [-0.15, -0.1) is 0 Å². The van der Waals surface area contributed by atoms with Crippen LogP contribution >= 0.6 is 15.9 Å². The topological polar surface area (TPSA) is 78.1 Å². The van der Waals surface area contributed by atoms with Gasteiger partial charge in [-0.3, -0.25) is 14.0 Å². The second-order valence-electron chi connectivity index (χ2n) is 8.18. The third kappa shape index (κ3) is 3.96. The van der Waals surface area contributed by atoms with Crippen LogP contribution in [-0.2, 0) is 9.59 Å². The van der Waals surface area contributed by atoms with Crippen molar-refractivity contribution < 1.29 is 14.7 Å². The zero-order valence-corrected chi connectivity index (χ0v) is 19.8. The van der Waals surface area contributed by atoms with Crippen molar-refractivity contribution in [1.29, 1.82) is 0 Å². The average molecular weight is 497 g/mol. The standard InChI is InChI=1S/C24H25BrN4O3/c1-15-20(28-13-5-4-7-18(28)26-15)22(30)19-21(16-8-10-17(25)11-9-16)29(24(32)23(19)31)14-6-12-27(2)3/h4-5,7-11,13,21,30H,6,12,14H2,1-3H3/b22-19+/t21-/m0/s1. The summed E-state index contributed by atoms with van der Waals surface area (Å²) in [6.07, 6.45) is 2.49. The molecule has 0 spiro atoms. The highest BCUT2D eigenvalue weighted by molar-refractivity contribution is 9.10. The van der Waals surface area contributed by atoms with Gasteiger partial charge in [-0.1, -0.05) is 34.1 Å². The first-order valence-corrected chi connectivity index (χ1v) is 11.2. The van der Waals surface area contributed by atoms with Crippen molar-refractivity contribution in [2.45, 2.75) is 19.4 Å². The molecule has 0 bridgehead atoms. The molecule has 3 aromatic rings. The third-order valence-electron chi connectivity index (χ3n) is 5.66. The summed E-state index contributed by atoms with van der Waals surface area (Å²) in [5, 5.41) is 11.4. The molecular weight excluding hydrogens is 472 g/mol. The highest BCUT2D eigenvalue weighted by Gasteiger charge is 2.46. The maximum Gasteiger partial charge on any atom is 0.295 e. The first-order valence-electron chi connectivity index (χ1n) is 10.4. The van der Waals surface area contributed by atoms with Crippen LogP contribution in [0.3, 0.4) is 0 Å². The van der Waals surface area contributed by atoms with E-state index in [2.05, 4.69) is 20.9 Å². The molecule has 0 aliphatic carbocycles. The number of rotatable bonds is 6. The fraction of sp³-hybridized carbons (Fsp3) is 0.292. The first kappa shape index (κ1) is 22.2. The summed E-state index contributed by atoms with van der Waals surface area (Å²) in [6.45, 7) is 2.97. The number of aliphatic hydroxyl groups excluding tert-OH is 1. The Balaban J connectivity index is 1.87. The van der Waals surface area contributed by atoms with Crippen molar-refractivity contribution in [1.82, 2.24) is 19.2 Å². The number of halogens is 1. The Morgan fingerprint density at radius 3 is 2.56 bits per heavy atom. The number of nitrogens with zero attached hydrogens (tertiary/aromatic N) is 4. The molecule has 0 radical (unpaired) electrons. The molecule has 166 valence electrons. The van der Waals surface area contributed by atoms with Crippen LogP contribution in [-0.4, -0.2) is 63.2 Å². The molecule has 0 saturated carbocycles. The number of carbonyl (C=O) groups is 2. The van der Waals surface area contributed by atoms with Crippen molar-refractivity contribution in [3.8, 4) is 0 Å². The Morgan fingerprint density at radius 2 is 1.88 bits per heavy atom. The highest BCUT2D eigenvalue weighted by Crippen LogP contribution is 2.40. The zero-order valence-electron chi connectivity index (χ0n) is 18.2. The molecule has 7 nitrogen and oxygen atoms in total. The SMILES string of the molecule is Cc1nc2ccccn2c1/C(O)=C1\C(=O)C(=O)N(CCCN(C)C)[C@H]1c1ccc(Br)cc1. The van der Waals surface area contributed by atoms with Gasteiger partial charge >= 0.3 is 0 Å². The number of likely N-dealkylation sites (tertiary alicyclic amines) is 1. The number of fused-ring (bicyclic) bond motifs is 1. The van der Waals surface area contributed by atoms with Gasteiger partial charge < -0.3 is 14.9 Å². The summed E-state index contributed by atoms with van der Waals surface area (Å²) in [5.41, 5.74) is 2.53. The molecule has 1 atom stereocenters. The van der Waals surface area contributed by atoms with Crippen molar-refractivity contribution >= 4 is 39.0 Å². The van der Waals surface area contributed by atoms with Gasteiger partial charge in [-0.2, -0.15) is 0 Å². The number of pyridine rings is 1. The molecule has 1 aliphatic heterocycles. The second kappa shape index (κ2) is 8.88. The van der Waals surface area contributed by atoms with Gasteiger partial charge in [0, 0.05) is 17.2 Å². The van der Waals surface area contributed by atoms with Crippen LogP contribution in [0, 0.1) is 6.92 Å². The number of amides is 1. The van der Waals surface area contributed by atoms with Crippen LogP contribution in [0.4, 0.5) is 0 Å². The van der Waals surface area contributed by atoms with Gasteiger partial charge in [0.05, 0.1) is 17.3 Å². The summed E-state index contributed by atoms with van der Waals surface area (Å²) in [5.74, 6) is -1.47. The lowest BCUT2D eigenvalue weighted by Gasteiger charge is -2.26. The summed E-state index contributed by atoms with van der Waals surface area (Å²) in [6, 6.07) is 12.3. The number of imidazole rings is 1. The van der Waals surface area contributed by atoms with Gasteiger partial charge in [-0.05, 0) is 63.8 Å². The minimum atomic E-state index is -0.675. The lowest BCUT2D eigenvalue weighted by atomic mass is 9.96. The van der Waals surface area contributed by atoms with E-state index in [0.29, 0.717) is 30.0 Å². The normalized spacial score (nSPS) is 18.3. The van der Waals surface area contributed by atoms with E-state index >= 15 is 0 Å². The predicted molar refractivity (Wildman–Crippen MR) is 126 cm³/mol.